The number of aromatic hydroxyl groups is 2. The van der Waals surface area contributed by atoms with Gasteiger partial charge in [-0.1, -0.05) is 0 Å². The third-order valence-electron chi connectivity index (χ3n) is 1.78. The van der Waals surface area contributed by atoms with Gasteiger partial charge in [-0.3, -0.25) is 0 Å². The Bertz CT molecular complexity index is 407. The van der Waals surface area contributed by atoms with E-state index in [0.29, 0.717) is 11.3 Å². The second-order valence-electron chi connectivity index (χ2n) is 2.90. The Morgan fingerprint density at radius 2 is 1.26 bits per heavy atom. The van der Waals surface area contributed by atoms with Crippen LogP contribution >= 0.6 is 11.3 Å². The van der Waals surface area contributed by atoms with Crippen molar-refractivity contribution in [3.8, 4) is 11.5 Å². The van der Waals surface area contributed by atoms with Gasteiger partial charge in [0.15, 0.2) is 21.3 Å². The molecule has 0 radical (unpaired) electrons. The predicted octanol–water partition coefficient (Wildman–Crippen LogP) is 0.216. The van der Waals surface area contributed by atoms with E-state index in [-0.39, 0.29) is 82.1 Å². The molecule has 0 aliphatic carbocycles. The number of carbonyl (C=O) groups excluding carboxylic acids is 2. The van der Waals surface area contributed by atoms with Crippen LogP contribution in [0, 0.1) is 0 Å². The van der Waals surface area contributed by atoms with Crippen LogP contribution in [0.15, 0.2) is 0 Å². The van der Waals surface area contributed by atoms with Crippen molar-refractivity contribution in [1.29, 1.82) is 0 Å². The van der Waals surface area contributed by atoms with E-state index in [1.54, 1.807) is 13.8 Å². The van der Waals surface area contributed by atoms with Crippen molar-refractivity contribution in [3.63, 3.8) is 0 Å². The number of rotatable bonds is 4. The van der Waals surface area contributed by atoms with Crippen molar-refractivity contribution < 1.29 is 29.3 Å². The third kappa shape index (κ3) is 5.26. The van der Waals surface area contributed by atoms with Crippen LogP contribution in [0.2, 0.25) is 0 Å². The van der Waals surface area contributed by atoms with Crippen LogP contribution in [0.5, 0.6) is 11.5 Å². The Labute approximate surface area is 158 Å². The summed E-state index contributed by atoms with van der Waals surface area (Å²) in [6.07, 6.45) is 0. The Kier molecular flexibility index (Phi) is 11.4. The zero-order valence-electron chi connectivity index (χ0n) is 9.35. The molecule has 2 N–H and O–H groups in total. The first-order chi connectivity index (χ1) is 8.02. The first-order valence-corrected chi connectivity index (χ1v) is 5.73. The van der Waals surface area contributed by atoms with Crippen LogP contribution in [0.25, 0.3) is 0 Å². The molecule has 98 valence electrons. The van der Waals surface area contributed by atoms with E-state index in [1.165, 1.54) is 0 Å². The molecule has 0 saturated carbocycles. The summed E-state index contributed by atoms with van der Waals surface area (Å²) in [5.74, 6) is -2.89. The monoisotopic (exact) mass is 308 g/mol. The van der Waals surface area contributed by atoms with E-state index in [4.69, 9.17) is 0 Å². The topological polar surface area (TPSA) is 93.1 Å². The fourth-order valence-electron chi connectivity index (χ4n) is 1.08. The molecule has 6 nitrogen and oxygen atoms in total. The minimum atomic E-state index is -0.791. The fraction of sp³-hybridized carbons (Fsp3) is 0.400. The molecular weight excluding hydrogens is 294 g/mol. The van der Waals surface area contributed by atoms with Gasteiger partial charge in [-0.05, 0) is 13.8 Å². The van der Waals surface area contributed by atoms with Gasteiger partial charge < -0.3 is 19.7 Å². The van der Waals surface area contributed by atoms with Gasteiger partial charge in [-0.15, -0.1) is 11.3 Å². The molecule has 1 rings (SSSR count). The summed E-state index contributed by atoms with van der Waals surface area (Å²) < 4.78 is 9.33. The summed E-state index contributed by atoms with van der Waals surface area (Å²) >= 11 is 0.633. The summed E-state index contributed by atoms with van der Waals surface area (Å²) in [5.41, 5.74) is 0. The third-order valence-corrected chi connectivity index (χ3v) is 2.91. The van der Waals surface area contributed by atoms with Crippen LogP contribution in [-0.2, 0) is 9.47 Å². The van der Waals surface area contributed by atoms with Crippen molar-refractivity contribution in [2.45, 2.75) is 13.8 Å². The molecule has 0 fully saturated rings. The molecule has 0 atom stereocenters. The number of ether oxygens (including phenoxy) is 2. The van der Waals surface area contributed by atoms with Gasteiger partial charge in [0.25, 0.3) is 0 Å². The van der Waals surface area contributed by atoms with Crippen LogP contribution < -0.4 is 0 Å². The molecule has 0 spiro atoms. The molecule has 0 aliphatic heterocycles. The molecule has 0 unspecified atom stereocenters. The summed E-state index contributed by atoms with van der Waals surface area (Å²) in [4.78, 5) is 22.3. The van der Waals surface area contributed by atoms with Crippen molar-refractivity contribution in [1.82, 2.24) is 0 Å². The summed E-state index contributed by atoms with van der Waals surface area (Å²) in [6, 6.07) is 0. The second kappa shape index (κ2) is 10.0. The quantitative estimate of drug-likeness (QED) is 0.610. The molecule has 1 aromatic rings. The van der Waals surface area contributed by atoms with Gasteiger partial charge in [-0.2, -0.15) is 0 Å². The molecule has 0 bridgehead atoms. The second-order valence-corrected chi connectivity index (χ2v) is 3.92. The zero-order valence-corrected chi connectivity index (χ0v) is 10.2. The van der Waals surface area contributed by atoms with Gasteiger partial charge in [0, 0.05) is 0 Å². The number of hydrogen-bond donors (Lipinski definition) is 2. The van der Waals surface area contributed by atoms with Crippen molar-refractivity contribution in [3.05, 3.63) is 9.75 Å². The number of esters is 2. The minimum absolute atomic E-state index is 0. The summed E-state index contributed by atoms with van der Waals surface area (Å²) in [5, 5.41) is 19.0. The molecule has 0 amide bonds. The van der Waals surface area contributed by atoms with Crippen molar-refractivity contribution >= 4 is 82.4 Å². The Hall–Kier alpha value is 0.240. The standard InChI is InChI=1S/C10H12O6S.2Na.2H/c1-3-15-9(13)7-5(11)6(12)8(17-7)10(14)16-4-2;;;;/h11-12H,3-4H2,1-2H3;;;;. The van der Waals surface area contributed by atoms with Gasteiger partial charge in [0.2, 0.25) is 0 Å². The average molecular weight is 308 g/mol. The molecule has 0 saturated heterocycles. The maximum absolute atomic E-state index is 11.4. The molecule has 0 aliphatic rings. The SMILES string of the molecule is CCOC(=O)c1sc(C(=O)OCC)c(O)c1O.[NaH].[NaH]. The normalized spacial score (nSPS) is 8.95. The maximum atomic E-state index is 11.4. The molecular formula is C10H14Na2O6S. The van der Waals surface area contributed by atoms with E-state index in [1.807, 2.05) is 0 Å². The number of carbonyl (C=O) groups is 2. The summed E-state index contributed by atoms with van der Waals surface area (Å²) in [6.45, 7) is 3.47. The number of hydrogen-bond acceptors (Lipinski definition) is 7. The van der Waals surface area contributed by atoms with E-state index in [9.17, 15) is 19.8 Å². The number of thiophene rings is 1. The average Bonchev–Trinajstić information content (AvgIpc) is 2.57. The van der Waals surface area contributed by atoms with E-state index < -0.39 is 23.4 Å². The van der Waals surface area contributed by atoms with E-state index in [2.05, 4.69) is 9.47 Å². The van der Waals surface area contributed by atoms with Gasteiger partial charge in [0.1, 0.15) is 0 Å². The Morgan fingerprint density at radius 1 is 0.947 bits per heavy atom. The van der Waals surface area contributed by atoms with Gasteiger partial charge >= 0.3 is 71.1 Å². The Balaban J connectivity index is 0. The predicted molar refractivity (Wildman–Crippen MR) is 73.9 cm³/mol. The van der Waals surface area contributed by atoms with Gasteiger partial charge in [0.05, 0.1) is 13.2 Å². The Morgan fingerprint density at radius 3 is 1.53 bits per heavy atom. The molecule has 1 aromatic heterocycles. The van der Waals surface area contributed by atoms with E-state index in [0.717, 1.165) is 0 Å². The van der Waals surface area contributed by atoms with Crippen molar-refractivity contribution in [2.24, 2.45) is 0 Å². The zero-order chi connectivity index (χ0) is 13.0. The first-order valence-electron chi connectivity index (χ1n) is 4.91. The fourth-order valence-corrected chi connectivity index (χ4v) is 1.96. The van der Waals surface area contributed by atoms with E-state index >= 15 is 0 Å². The van der Waals surface area contributed by atoms with Crippen molar-refractivity contribution in [2.75, 3.05) is 13.2 Å². The van der Waals surface area contributed by atoms with Crippen LogP contribution in [0.1, 0.15) is 33.2 Å². The molecule has 19 heavy (non-hydrogen) atoms. The van der Waals surface area contributed by atoms with Crippen LogP contribution in [0.3, 0.4) is 0 Å². The summed E-state index contributed by atoms with van der Waals surface area (Å²) in [7, 11) is 0. The van der Waals surface area contributed by atoms with Crippen LogP contribution in [0.4, 0.5) is 0 Å². The molecule has 0 aromatic carbocycles. The molecule has 9 heteroatoms. The molecule has 1 heterocycles. The first kappa shape index (κ1) is 21.5. The van der Waals surface area contributed by atoms with Gasteiger partial charge in [-0.25, -0.2) is 9.59 Å². The van der Waals surface area contributed by atoms with Crippen LogP contribution in [-0.4, -0.2) is 94.5 Å².